The molecule has 0 saturated heterocycles. The third kappa shape index (κ3) is 5.31. The van der Waals surface area contributed by atoms with E-state index in [-0.39, 0.29) is 6.04 Å². The topological polar surface area (TPSA) is 82.6 Å². The Bertz CT molecular complexity index is 851. The highest BCUT2D eigenvalue weighted by Gasteiger charge is 2.26. The first-order valence-electron chi connectivity index (χ1n) is 7.97. The standard InChI is InChI=1S/C18H16BrClN4O2/c19-12-1-8-16(22-14-4-2-13(20)3-5-14)11(9-12)10-21-24-18(26)17(25)23-15-6-7-15/h1-5,8-10,15,22H,6-7H2,(H,23,25)(H,24,26)/b21-10-. The fraction of sp³-hybridized carbons (Fsp3) is 0.167. The number of rotatable bonds is 5. The quantitative estimate of drug-likeness (QED) is 0.381. The lowest BCUT2D eigenvalue weighted by Gasteiger charge is -2.10. The minimum Gasteiger partial charge on any atom is -0.355 e. The largest absolute Gasteiger partial charge is 0.355 e. The molecular formula is C18H16BrClN4O2. The van der Waals surface area contributed by atoms with Crippen LogP contribution in [0, 0.1) is 0 Å². The minimum atomic E-state index is -0.782. The van der Waals surface area contributed by atoms with Crippen LogP contribution in [0.5, 0.6) is 0 Å². The van der Waals surface area contributed by atoms with Crippen LogP contribution in [0.2, 0.25) is 5.02 Å². The molecule has 0 aromatic heterocycles. The number of nitrogens with zero attached hydrogens (tertiary/aromatic N) is 1. The van der Waals surface area contributed by atoms with Crippen LogP contribution in [-0.4, -0.2) is 24.1 Å². The third-order valence-corrected chi connectivity index (χ3v) is 4.37. The summed E-state index contributed by atoms with van der Waals surface area (Å²) in [6.07, 6.45) is 3.31. The van der Waals surface area contributed by atoms with Gasteiger partial charge in [-0.05, 0) is 55.3 Å². The summed E-state index contributed by atoms with van der Waals surface area (Å²) < 4.78 is 0.860. The zero-order chi connectivity index (χ0) is 18.5. The number of benzene rings is 2. The number of amides is 2. The molecule has 0 unspecified atom stereocenters. The highest BCUT2D eigenvalue weighted by molar-refractivity contribution is 9.10. The normalized spacial score (nSPS) is 13.5. The maximum atomic E-state index is 11.7. The van der Waals surface area contributed by atoms with Crippen LogP contribution < -0.4 is 16.1 Å². The zero-order valence-electron chi connectivity index (χ0n) is 13.6. The molecule has 1 aliphatic rings. The van der Waals surface area contributed by atoms with E-state index in [9.17, 15) is 9.59 Å². The van der Waals surface area contributed by atoms with Crippen molar-refractivity contribution in [3.05, 3.63) is 57.5 Å². The van der Waals surface area contributed by atoms with Crippen molar-refractivity contribution in [3.8, 4) is 0 Å². The molecule has 2 aromatic carbocycles. The van der Waals surface area contributed by atoms with Gasteiger partial charge in [-0.25, -0.2) is 5.43 Å². The van der Waals surface area contributed by atoms with E-state index in [2.05, 4.69) is 37.1 Å². The van der Waals surface area contributed by atoms with Crippen LogP contribution in [-0.2, 0) is 9.59 Å². The lowest BCUT2D eigenvalue weighted by molar-refractivity contribution is -0.139. The van der Waals surface area contributed by atoms with Crippen LogP contribution in [0.4, 0.5) is 11.4 Å². The van der Waals surface area contributed by atoms with Gasteiger partial charge in [0.1, 0.15) is 0 Å². The van der Waals surface area contributed by atoms with Gasteiger partial charge in [-0.2, -0.15) is 5.10 Å². The van der Waals surface area contributed by atoms with Crippen molar-refractivity contribution in [2.75, 3.05) is 5.32 Å². The molecule has 3 rings (SSSR count). The Hall–Kier alpha value is -2.38. The van der Waals surface area contributed by atoms with E-state index >= 15 is 0 Å². The first-order chi connectivity index (χ1) is 12.5. The molecule has 0 aliphatic heterocycles. The summed E-state index contributed by atoms with van der Waals surface area (Å²) in [7, 11) is 0. The molecule has 0 heterocycles. The molecular weight excluding hydrogens is 420 g/mol. The Morgan fingerprint density at radius 3 is 2.54 bits per heavy atom. The van der Waals surface area contributed by atoms with Crippen LogP contribution >= 0.6 is 27.5 Å². The monoisotopic (exact) mass is 434 g/mol. The van der Waals surface area contributed by atoms with Crippen molar-refractivity contribution in [2.45, 2.75) is 18.9 Å². The van der Waals surface area contributed by atoms with Crippen LogP contribution in [0.15, 0.2) is 52.0 Å². The smallest absolute Gasteiger partial charge is 0.329 e. The van der Waals surface area contributed by atoms with E-state index in [1.54, 1.807) is 12.1 Å². The number of anilines is 2. The molecule has 0 bridgehead atoms. The second kappa shape index (κ2) is 8.33. The third-order valence-electron chi connectivity index (χ3n) is 3.63. The molecule has 26 heavy (non-hydrogen) atoms. The number of hydrogen-bond acceptors (Lipinski definition) is 4. The molecule has 2 amide bonds. The van der Waals surface area contributed by atoms with Gasteiger partial charge in [0, 0.05) is 32.5 Å². The predicted octanol–water partition coefficient (Wildman–Crippen LogP) is 3.57. The van der Waals surface area contributed by atoms with Gasteiger partial charge in [-0.3, -0.25) is 9.59 Å². The summed E-state index contributed by atoms with van der Waals surface area (Å²) >= 11 is 9.31. The number of carbonyl (C=O) groups is 2. The van der Waals surface area contributed by atoms with Crippen LogP contribution in [0.1, 0.15) is 18.4 Å². The molecule has 8 heteroatoms. The van der Waals surface area contributed by atoms with E-state index in [0.717, 1.165) is 34.3 Å². The van der Waals surface area contributed by atoms with Crippen molar-refractivity contribution in [1.82, 2.24) is 10.7 Å². The van der Waals surface area contributed by atoms with Crippen LogP contribution in [0.3, 0.4) is 0 Å². The average molecular weight is 436 g/mol. The van der Waals surface area contributed by atoms with Gasteiger partial charge in [-0.1, -0.05) is 27.5 Å². The summed E-state index contributed by atoms with van der Waals surface area (Å²) in [4.78, 5) is 23.3. The van der Waals surface area contributed by atoms with E-state index in [0.29, 0.717) is 5.02 Å². The molecule has 0 atom stereocenters. The summed E-state index contributed by atoms with van der Waals surface area (Å²) in [5, 5.41) is 10.4. The zero-order valence-corrected chi connectivity index (χ0v) is 16.0. The Morgan fingerprint density at radius 1 is 1.12 bits per heavy atom. The van der Waals surface area contributed by atoms with Gasteiger partial charge < -0.3 is 10.6 Å². The van der Waals surface area contributed by atoms with Crippen molar-refractivity contribution < 1.29 is 9.59 Å². The Labute approximate surface area is 164 Å². The van der Waals surface area contributed by atoms with E-state index in [1.165, 1.54) is 6.21 Å². The van der Waals surface area contributed by atoms with Crippen molar-refractivity contribution >= 4 is 56.9 Å². The average Bonchev–Trinajstić information content (AvgIpc) is 3.43. The Balaban J connectivity index is 1.67. The molecule has 3 N–H and O–H groups in total. The second-order valence-electron chi connectivity index (χ2n) is 5.81. The molecule has 1 fully saturated rings. The SMILES string of the molecule is O=C(N/N=C\c1cc(Br)ccc1Nc1ccc(Cl)cc1)C(=O)NC1CC1. The number of nitrogens with one attached hydrogen (secondary N) is 3. The predicted molar refractivity (Wildman–Crippen MR) is 106 cm³/mol. The lowest BCUT2D eigenvalue weighted by Crippen LogP contribution is -2.38. The Morgan fingerprint density at radius 2 is 1.85 bits per heavy atom. The van der Waals surface area contributed by atoms with Gasteiger partial charge in [0.15, 0.2) is 0 Å². The highest BCUT2D eigenvalue weighted by Crippen LogP contribution is 2.24. The molecule has 134 valence electrons. The van der Waals surface area contributed by atoms with E-state index in [4.69, 9.17) is 11.6 Å². The first-order valence-corrected chi connectivity index (χ1v) is 9.14. The van der Waals surface area contributed by atoms with Gasteiger partial charge in [0.2, 0.25) is 0 Å². The van der Waals surface area contributed by atoms with Crippen molar-refractivity contribution in [1.29, 1.82) is 0 Å². The number of hydrazone groups is 1. The molecule has 1 saturated carbocycles. The van der Waals surface area contributed by atoms with Crippen LogP contribution in [0.25, 0.3) is 0 Å². The number of halogens is 2. The van der Waals surface area contributed by atoms with Gasteiger partial charge in [-0.15, -0.1) is 0 Å². The van der Waals surface area contributed by atoms with Gasteiger partial charge in [0.05, 0.1) is 6.21 Å². The number of hydrogen-bond donors (Lipinski definition) is 3. The Kier molecular flexibility index (Phi) is 5.90. The van der Waals surface area contributed by atoms with E-state index in [1.807, 2.05) is 30.3 Å². The molecule has 1 aliphatic carbocycles. The van der Waals surface area contributed by atoms with Gasteiger partial charge in [0.25, 0.3) is 0 Å². The van der Waals surface area contributed by atoms with E-state index < -0.39 is 11.8 Å². The van der Waals surface area contributed by atoms with Crippen molar-refractivity contribution in [2.24, 2.45) is 5.10 Å². The molecule has 0 spiro atoms. The maximum Gasteiger partial charge on any atom is 0.329 e. The maximum absolute atomic E-state index is 11.7. The second-order valence-corrected chi connectivity index (χ2v) is 7.16. The number of carbonyl (C=O) groups excluding carboxylic acids is 2. The lowest BCUT2D eigenvalue weighted by atomic mass is 10.2. The summed E-state index contributed by atoms with van der Waals surface area (Å²) in [6, 6.07) is 13.0. The van der Waals surface area contributed by atoms with Gasteiger partial charge >= 0.3 is 11.8 Å². The summed E-state index contributed by atoms with van der Waals surface area (Å²) in [5.74, 6) is -1.45. The highest BCUT2D eigenvalue weighted by atomic mass is 79.9. The first kappa shape index (κ1) is 18.4. The van der Waals surface area contributed by atoms with Crippen molar-refractivity contribution in [3.63, 3.8) is 0 Å². The molecule has 6 nitrogen and oxygen atoms in total. The fourth-order valence-corrected chi connectivity index (χ4v) is 2.64. The minimum absolute atomic E-state index is 0.123. The summed E-state index contributed by atoms with van der Waals surface area (Å²) in [6.45, 7) is 0. The molecule has 0 radical (unpaired) electrons. The fourth-order valence-electron chi connectivity index (χ4n) is 2.13. The summed E-state index contributed by atoms with van der Waals surface area (Å²) in [5.41, 5.74) is 4.62. The molecule has 2 aromatic rings.